The minimum atomic E-state index is -0.628. The largest absolute Gasteiger partial charge is 0.382 e. The predicted molar refractivity (Wildman–Crippen MR) is 82.7 cm³/mol. The van der Waals surface area contributed by atoms with E-state index in [1.807, 2.05) is 16.8 Å². The number of hydrogen-bond acceptors (Lipinski definition) is 2. The Morgan fingerprint density at radius 3 is 2.95 bits per heavy atom. The van der Waals surface area contributed by atoms with Gasteiger partial charge in [-0.25, -0.2) is 0 Å². The summed E-state index contributed by atoms with van der Waals surface area (Å²) in [4.78, 5) is 0. The van der Waals surface area contributed by atoms with E-state index in [1.165, 1.54) is 18.4 Å². The van der Waals surface area contributed by atoms with Crippen molar-refractivity contribution in [3.8, 4) is 0 Å². The Kier molecular flexibility index (Phi) is 3.94. The molecule has 0 saturated heterocycles. The average molecular weight is 335 g/mol. The molecule has 1 aromatic carbocycles. The standard InChI is InChI=1S/C16H19BrN2O/c1-2-8-19-15(14(17)10-18-19)16(20)13-5-3-4-12(9-13)11-6-7-11/h3-5,9-11,16,20H,2,6-8H2,1H3. The molecule has 20 heavy (non-hydrogen) atoms. The lowest BCUT2D eigenvalue weighted by Crippen LogP contribution is -2.10. The maximum absolute atomic E-state index is 10.7. The van der Waals surface area contributed by atoms with Crippen LogP contribution in [-0.2, 0) is 6.54 Å². The number of rotatable bonds is 5. The molecule has 1 unspecified atom stereocenters. The van der Waals surface area contributed by atoms with E-state index in [0.717, 1.165) is 28.7 Å². The average Bonchev–Trinajstić information content (AvgIpc) is 3.24. The van der Waals surface area contributed by atoms with Crippen molar-refractivity contribution in [1.29, 1.82) is 0 Å². The van der Waals surface area contributed by atoms with E-state index >= 15 is 0 Å². The van der Waals surface area contributed by atoms with Crippen molar-refractivity contribution in [3.63, 3.8) is 0 Å². The molecule has 1 N–H and O–H groups in total. The molecule has 1 aromatic heterocycles. The van der Waals surface area contributed by atoms with Crippen molar-refractivity contribution < 1.29 is 5.11 Å². The van der Waals surface area contributed by atoms with Crippen LogP contribution in [0.5, 0.6) is 0 Å². The zero-order valence-corrected chi connectivity index (χ0v) is 13.2. The van der Waals surface area contributed by atoms with Gasteiger partial charge in [0.15, 0.2) is 0 Å². The maximum atomic E-state index is 10.7. The summed E-state index contributed by atoms with van der Waals surface area (Å²) in [6, 6.07) is 8.33. The van der Waals surface area contributed by atoms with Crippen LogP contribution in [-0.4, -0.2) is 14.9 Å². The number of aliphatic hydroxyl groups is 1. The van der Waals surface area contributed by atoms with Crippen LogP contribution >= 0.6 is 15.9 Å². The summed E-state index contributed by atoms with van der Waals surface area (Å²) in [5.41, 5.74) is 3.15. The van der Waals surface area contributed by atoms with Gasteiger partial charge in [-0.05, 0) is 52.2 Å². The fraction of sp³-hybridized carbons (Fsp3) is 0.438. The first-order valence-electron chi connectivity index (χ1n) is 7.19. The molecule has 1 aliphatic rings. The lowest BCUT2D eigenvalue weighted by Gasteiger charge is -2.15. The smallest absolute Gasteiger partial charge is 0.122 e. The molecule has 4 heteroatoms. The van der Waals surface area contributed by atoms with Crippen LogP contribution in [0.15, 0.2) is 34.9 Å². The zero-order valence-electron chi connectivity index (χ0n) is 11.6. The third kappa shape index (κ3) is 2.67. The van der Waals surface area contributed by atoms with Crippen molar-refractivity contribution in [2.24, 2.45) is 0 Å². The summed E-state index contributed by atoms with van der Waals surface area (Å²) >= 11 is 3.50. The molecule has 106 valence electrons. The normalized spacial score (nSPS) is 16.4. The van der Waals surface area contributed by atoms with Gasteiger partial charge in [-0.1, -0.05) is 31.2 Å². The van der Waals surface area contributed by atoms with Crippen molar-refractivity contribution in [2.45, 2.75) is 44.8 Å². The Balaban J connectivity index is 1.93. The van der Waals surface area contributed by atoms with E-state index in [-0.39, 0.29) is 0 Å². The minimum absolute atomic E-state index is 0.628. The van der Waals surface area contributed by atoms with Crippen LogP contribution in [0, 0.1) is 0 Å². The molecule has 1 heterocycles. The molecular weight excluding hydrogens is 316 g/mol. The molecule has 1 saturated carbocycles. The summed E-state index contributed by atoms with van der Waals surface area (Å²) in [5.74, 6) is 0.700. The van der Waals surface area contributed by atoms with Gasteiger partial charge in [0.2, 0.25) is 0 Å². The van der Waals surface area contributed by atoms with Gasteiger partial charge >= 0.3 is 0 Å². The zero-order chi connectivity index (χ0) is 14.1. The topological polar surface area (TPSA) is 38.0 Å². The quantitative estimate of drug-likeness (QED) is 0.896. The highest BCUT2D eigenvalue weighted by molar-refractivity contribution is 9.10. The van der Waals surface area contributed by atoms with E-state index in [1.54, 1.807) is 6.20 Å². The molecule has 1 atom stereocenters. The van der Waals surface area contributed by atoms with Crippen LogP contribution < -0.4 is 0 Å². The van der Waals surface area contributed by atoms with Crippen LogP contribution in [0.3, 0.4) is 0 Å². The fourth-order valence-electron chi connectivity index (χ4n) is 2.59. The number of aromatic nitrogens is 2. The van der Waals surface area contributed by atoms with Gasteiger partial charge in [-0.15, -0.1) is 0 Å². The lowest BCUT2D eigenvalue weighted by molar-refractivity contribution is 0.206. The van der Waals surface area contributed by atoms with Crippen molar-refractivity contribution >= 4 is 15.9 Å². The first-order chi connectivity index (χ1) is 9.70. The Hall–Kier alpha value is -1.13. The third-order valence-corrected chi connectivity index (χ3v) is 4.41. The minimum Gasteiger partial charge on any atom is -0.382 e. The predicted octanol–water partition coefficient (Wildman–Crippen LogP) is 4.01. The van der Waals surface area contributed by atoms with Gasteiger partial charge < -0.3 is 5.11 Å². The highest BCUT2D eigenvalue weighted by Gasteiger charge is 2.25. The van der Waals surface area contributed by atoms with E-state index in [0.29, 0.717) is 5.92 Å². The van der Waals surface area contributed by atoms with Gasteiger partial charge in [0.1, 0.15) is 6.10 Å². The van der Waals surface area contributed by atoms with Gasteiger partial charge in [0.05, 0.1) is 16.4 Å². The van der Waals surface area contributed by atoms with Gasteiger partial charge in [-0.3, -0.25) is 4.68 Å². The second kappa shape index (κ2) is 5.70. The molecule has 1 fully saturated rings. The Morgan fingerprint density at radius 1 is 1.45 bits per heavy atom. The first-order valence-corrected chi connectivity index (χ1v) is 7.99. The Labute approximate surface area is 127 Å². The monoisotopic (exact) mass is 334 g/mol. The summed E-state index contributed by atoms with van der Waals surface area (Å²) < 4.78 is 2.76. The number of nitrogens with zero attached hydrogens (tertiary/aromatic N) is 2. The highest BCUT2D eigenvalue weighted by Crippen LogP contribution is 2.41. The molecule has 0 aliphatic heterocycles. The molecule has 3 rings (SSSR count). The Morgan fingerprint density at radius 2 is 2.25 bits per heavy atom. The second-order valence-corrected chi connectivity index (χ2v) is 6.30. The van der Waals surface area contributed by atoms with Crippen LogP contribution in [0.2, 0.25) is 0 Å². The number of aryl methyl sites for hydroxylation is 1. The summed E-state index contributed by atoms with van der Waals surface area (Å²) in [5, 5.41) is 15.0. The highest BCUT2D eigenvalue weighted by atomic mass is 79.9. The second-order valence-electron chi connectivity index (χ2n) is 5.45. The molecule has 1 aliphatic carbocycles. The number of benzene rings is 1. The fourth-order valence-corrected chi connectivity index (χ4v) is 3.10. The summed E-state index contributed by atoms with van der Waals surface area (Å²) in [6.07, 6.45) is 4.68. The maximum Gasteiger partial charge on any atom is 0.122 e. The van der Waals surface area contributed by atoms with Crippen molar-refractivity contribution in [3.05, 3.63) is 51.8 Å². The van der Waals surface area contributed by atoms with E-state index in [2.05, 4.69) is 40.1 Å². The Bertz CT molecular complexity index is 604. The van der Waals surface area contributed by atoms with Crippen molar-refractivity contribution in [1.82, 2.24) is 9.78 Å². The van der Waals surface area contributed by atoms with Crippen LogP contribution in [0.1, 0.15) is 55.0 Å². The molecule has 0 bridgehead atoms. The van der Waals surface area contributed by atoms with Crippen molar-refractivity contribution in [2.75, 3.05) is 0 Å². The van der Waals surface area contributed by atoms with Gasteiger partial charge in [-0.2, -0.15) is 5.10 Å². The molecular formula is C16H19BrN2O. The van der Waals surface area contributed by atoms with E-state index in [9.17, 15) is 5.11 Å². The van der Waals surface area contributed by atoms with E-state index < -0.39 is 6.10 Å². The first kappa shape index (κ1) is 13.8. The molecule has 3 nitrogen and oxygen atoms in total. The lowest BCUT2D eigenvalue weighted by atomic mass is 10.0. The van der Waals surface area contributed by atoms with Gasteiger partial charge in [0.25, 0.3) is 0 Å². The molecule has 0 radical (unpaired) electrons. The summed E-state index contributed by atoms with van der Waals surface area (Å²) in [7, 11) is 0. The molecule has 0 amide bonds. The van der Waals surface area contributed by atoms with Gasteiger partial charge in [0, 0.05) is 6.54 Å². The van der Waals surface area contributed by atoms with Crippen LogP contribution in [0.25, 0.3) is 0 Å². The number of aliphatic hydroxyl groups excluding tert-OH is 1. The van der Waals surface area contributed by atoms with E-state index in [4.69, 9.17) is 0 Å². The number of halogens is 1. The number of hydrogen-bond donors (Lipinski definition) is 1. The SMILES string of the molecule is CCCn1ncc(Br)c1C(O)c1cccc(C2CC2)c1. The van der Waals surface area contributed by atoms with Crippen LogP contribution in [0.4, 0.5) is 0 Å². The molecule has 2 aromatic rings. The molecule has 0 spiro atoms. The third-order valence-electron chi connectivity index (χ3n) is 3.80. The summed E-state index contributed by atoms with van der Waals surface area (Å²) in [6.45, 7) is 2.93.